The number of likely N-dealkylation sites (N-methyl/N-ethyl adjacent to an activating group) is 1. The van der Waals surface area contributed by atoms with E-state index < -0.39 is 0 Å². The van der Waals surface area contributed by atoms with Crippen molar-refractivity contribution in [3.63, 3.8) is 0 Å². The average Bonchev–Trinajstić information content (AvgIpc) is 2.79. The summed E-state index contributed by atoms with van der Waals surface area (Å²) in [4.78, 5) is 1.53. The molecule has 1 aromatic rings. The van der Waals surface area contributed by atoms with Crippen molar-refractivity contribution in [1.29, 1.82) is 0 Å². The third-order valence-corrected chi connectivity index (χ3v) is 3.38. The van der Waals surface area contributed by atoms with Crippen molar-refractivity contribution < 1.29 is 0 Å². The zero-order chi connectivity index (χ0) is 13.9. The van der Waals surface area contributed by atoms with Crippen molar-refractivity contribution in [3.8, 4) is 0 Å². The fourth-order valence-electron chi connectivity index (χ4n) is 2.36. The predicted molar refractivity (Wildman–Crippen MR) is 78.0 cm³/mol. The van der Waals surface area contributed by atoms with Gasteiger partial charge in [-0.2, -0.15) is 4.80 Å². The fourth-order valence-corrected chi connectivity index (χ4v) is 2.36. The van der Waals surface area contributed by atoms with Gasteiger partial charge >= 0.3 is 0 Å². The highest BCUT2D eigenvalue weighted by Gasteiger charge is 2.11. The van der Waals surface area contributed by atoms with Gasteiger partial charge in [-0.25, -0.2) is 0 Å². The average molecular weight is 267 g/mol. The second-order valence-corrected chi connectivity index (χ2v) is 5.21. The first-order valence-electron chi connectivity index (χ1n) is 7.72. The van der Waals surface area contributed by atoms with Crippen LogP contribution in [0.1, 0.15) is 64.6 Å². The van der Waals surface area contributed by atoms with Crippen LogP contribution in [0.3, 0.4) is 0 Å². The molecule has 110 valence electrons. The molecule has 5 nitrogen and oxygen atoms in total. The van der Waals surface area contributed by atoms with E-state index in [9.17, 15) is 0 Å². The summed E-state index contributed by atoms with van der Waals surface area (Å²) in [6.45, 7) is 5.41. The van der Waals surface area contributed by atoms with Crippen LogP contribution in [-0.2, 0) is 13.5 Å². The van der Waals surface area contributed by atoms with E-state index in [2.05, 4.69) is 34.6 Å². The maximum Gasteiger partial charge on any atom is 0.176 e. The summed E-state index contributed by atoms with van der Waals surface area (Å²) in [5.41, 5.74) is 0. The Kier molecular flexibility index (Phi) is 8.38. The van der Waals surface area contributed by atoms with Gasteiger partial charge in [0.25, 0.3) is 0 Å². The summed E-state index contributed by atoms with van der Waals surface area (Å²) in [5, 5.41) is 15.7. The number of rotatable bonds is 11. The zero-order valence-electron chi connectivity index (χ0n) is 12.7. The van der Waals surface area contributed by atoms with Crippen LogP contribution in [0.2, 0.25) is 0 Å². The third kappa shape index (κ3) is 7.25. The molecule has 19 heavy (non-hydrogen) atoms. The minimum absolute atomic E-state index is 0.486. The van der Waals surface area contributed by atoms with Crippen LogP contribution >= 0.6 is 0 Å². The molecule has 0 bridgehead atoms. The monoisotopic (exact) mass is 267 g/mol. The molecule has 1 N–H and O–H groups in total. The molecule has 1 aromatic heterocycles. The van der Waals surface area contributed by atoms with E-state index in [4.69, 9.17) is 0 Å². The van der Waals surface area contributed by atoms with Crippen molar-refractivity contribution in [3.05, 3.63) is 5.82 Å². The number of tetrazole rings is 1. The van der Waals surface area contributed by atoms with Gasteiger partial charge in [-0.1, -0.05) is 52.4 Å². The van der Waals surface area contributed by atoms with E-state index in [-0.39, 0.29) is 0 Å². The van der Waals surface area contributed by atoms with Crippen LogP contribution in [0.4, 0.5) is 0 Å². The van der Waals surface area contributed by atoms with Gasteiger partial charge in [0.15, 0.2) is 5.82 Å². The summed E-state index contributed by atoms with van der Waals surface area (Å²) in [6.07, 6.45) is 10.2. The minimum Gasteiger partial charge on any atom is -0.314 e. The highest BCUT2D eigenvalue weighted by Crippen LogP contribution is 2.10. The topological polar surface area (TPSA) is 55.6 Å². The molecule has 0 aliphatic heterocycles. The van der Waals surface area contributed by atoms with Gasteiger partial charge in [-0.05, 0) is 18.2 Å². The molecular weight excluding hydrogens is 238 g/mol. The molecule has 0 spiro atoms. The van der Waals surface area contributed by atoms with Crippen LogP contribution in [0.25, 0.3) is 0 Å². The summed E-state index contributed by atoms with van der Waals surface area (Å²) >= 11 is 0. The van der Waals surface area contributed by atoms with E-state index in [0.717, 1.165) is 18.8 Å². The van der Waals surface area contributed by atoms with Gasteiger partial charge in [-0.3, -0.25) is 0 Å². The minimum atomic E-state index is 0.486. The number of hydrogen-bond acceptors (Lipinski definition) is 4. The summed E-state index contributed by atoms with van der Waals surface area (Å²) in [6, 6.07) is 0.486. The number of unbranched alkanes of at least 4 members (excludes halogenated alkanes) is 5. The van der Waals surface area contributed by atoms with Gasteiger partial charge < -0.3 is 5.32 Å². The Morgan fingerprint density at radius 3 is 2.47 bits per heavy atom. The molecule has 5 heteroatoms. The molecule has 0 aliphatic rings. The number of aromatic nitrogens is 4. The Morgan fingerprint density at radius 1 is 1.11 bits per heavy atom. The van der Waals surface area contributed by atoms with Crippen molar-refractivity contribution in [2.75, 3.05) is 6.54 Å². The second-order valence-electron chi connectivity index (χ2n) is 5.21. The van der Waals surface area contributed by atoms with Crippen LogP contribution < -0.4 is 5.32 Å². The summed E-state index contributed by atoms with van der Waals surface area (Å²) in [7, 11) is 1.81. The zero-order valence-corrected chi connectivity index (χ0v) is 12.7. The van der Waals surface area contributed by atoms with Crippen molar-refractivity contribution >= 4 is 0 Å². The Labute approximate surface area is 117 Å². The fraction of sp³-hybridized carbons (Fsp3) is 0.929. The van der Waals surface area contributed by atoms with E-state index in [1.54, 1.807) is 0 Å². The Hall–Kier alpha value is -0.970. The van der Waals surface area contributed by atoms with Crippen LogP contribution in [0, 0.1) is 0 Å². The standard InChI is InChI=1S/C14H29N5/c1-4-6-7-8-9-10-11-13(15-5-2)12-14-16-18-19(3)17-14/h13,15H,4-12H2,1-3H3. The highest BCUT2D eigenvalue weighted by molar-refractivity contribution is 4.84. The lowest BCUT2D eigenvalue weighted by atomic mass is 10.0. The largest absolute Gasteiger partial charge is 0.314 e. The number of aryl methyl sites for hydroxylation is 1. The van der Waals surface area contributed by atoms with E-state index >= 15 is 0 Å². The predicted octanol–water partition coefficient (Wildman–Crippen LogP) is 2.48. The third-order valence-electron chi connectivity index (χ3n) is 3.38. The molecule has 0 saturated heterocycles. The maximum atomic E-state index is 4.26. The van der Waals surface area contributed by atoms with Gasteiger partial charge in [-0.15, -0.1) is 10.2 Å². The molecule has 1 atom stereocenters. The van der Waals surface area contributed by atoms with Crippen LogP contribution in [-0.4, -0.2) is 32.8 Å². The second kappa shape index (κ2) is 9.89. The quantitative estimate of drug-likeness (QED) is 0.626. The van der Waals surface area contributed by atoms with Crippen molar-refractivity contribution in [2.24, 2.45) is 7.05 Å². The number of hydrogen-bond donors (Lipinski definition) is 1. The highest BCUT2D eigenvalue weighted by atomic mass is 15.6. The molecule has 1 heterocycles. The summed E-state index contributed by atoms with van der Waals surface area (Å²) < 4.78 is 0. The molecule has 0 amide bonds. The number of nitrogens with zero attached hydrogens (tertiary/aromatic N) is 4. The molecule has 0 saturated carbocycles. The van der Waals surface area contributed by atoms with Gasteiger partial charge in [0.1, 0.15) is 0 Å². The van der Waals surface area contributed by atoms with Gasteiger partial charge in [0, 0.05) is 12.5 Å². The molecule has 0 radical (unpaired) electrons. The smallest absolute Gasteiger partial charge is 0.176 e. The molecule has 0 aliphatic carbocycles. The van der Waals surface area contributed by atoms with Crippen LogP contribution in [0.15, 0.2) is 0 Å². The first-order chi connectivity index (χ1) is 9.26. The molecule has 1 rings (SSSR count). The molecule has 0 fully saturated rings. The van der Waals surface area contributed by atoms with E-state index in [1.807, 2.05) is 7.05 Å². The maximum absolute atomic E-state index is 4.26. The van der Waals surface area contributed by atoms with Crippen molar-refractivity contribution in [2.45, 2.75) is 71.3 Å². The van der Waals surface area contributed by atoms with Gasteiger partial charge in [0.05, 0.1) is 7.05 Å². The molecule has 0 aromatic carbocycles. The summed E-state index contributed by atoms with van der Waals surface area (Å²) in [5.74, 6) is 0.847. The van der Waals surface area contributed by atoms with E-state index in [0.29, 0.717) is 6.04 Å². The lowest BCUT2D eigenvalue weighted by molar-refractivity contribution is 0.452. The SMILES string of the molecule is CCCCCCCCC(Cc1nnn(C)n1)NCC. The number of nitrogens with one attached hydrogen (secondary N) is 1. The Bertz CT molecular complexity index is 323. The first-order valence-corrected chi connectivity index (χ1v) is 7.72. The van der Waals surface area contributed by atoms with E-state index in [1.165, 1.54) is 49.7 Å². The first kappa shape index (κ1) is 16.1. The Balaban J connectivity index is 2.20. The Morgan fingerprint density at radius 2 is 1.84 bits per heavy atom. The van der Waals surface area contributed by atoms with Crippen molar-refractivity contribution in [1.82, 2.24) is 25.5 Å². The molecule has 1 unspecified atom stereocenters. The lowest BCUT2D eigenvalue weighted by Gasteiger charge is -2.15. The normalized spacial score (nSPS) is 12.8. The van der Waals surface area contributed by atoms with Crippen LogP contribution in [0.5, 0.6) is 0 Å². The van der Waals surface area contributed by atoms with Gasteiger partial charge in [0.2, 0.25) is 0 Å². The lowest BCUT2D eigenvalue weighted by Crippen LogP contribution is -2.31. The molecular formula is C14H29N5.